The van der Waals surface area contributed by atoms with E-state index in [-0.39, 0.29) is 23.1 Å². The monoisotopic (exact) mass is 637 g/mol. The van der Waals surface area contributed by atoms with E-state index >= 15 is 0 Å². The first-order valence-corrected chi connectivity index (χ1v) is 14.9. The van der Waals surface area contributed by atoms with Crippen LogP contribution in [0.4, 0.5) is 0 Å². The minimum Gasteiger partial charge on any atom is -0.478 e. The van der Waals surface area contributed by atoms with Crippen molar-refractivity contribution in [2.75, 3.05) is 26.2 Å². The van der Waals surface area contributed by atoms with E-state index in [4.69, 9.17) is 9.52 Å². The van der Waals surface area contributed by atoms with E-state index in [2.05, 4.69) is 20.8 Å². The Balaban J connectivity index is 1.14. The van der Waals surface area contributed by atoms with Crippen LogP contribution in [-0.2, 0) is 24.3 Å². The molecule has 1 atom stereocenters. The lowest BCUT2D eigenvalue weighted by molar-refractivity contribution is -0.129. The topological polar surface area (TPSA) is 134 Å². The first-order chi connectivity index (χ1) is 20.2. The number of amides is 1. The predicted octanol–water partition coefficient (Wildman–Crippen LogP) is 3.52. The van der Waals surface area contributed by atoms with E-state index in [1.165, 1.54) is 12.1 Å². The minimum absolute atomic E-state index is 0.0364. The van der Waals surface area contributed by atoms with Gasteiger partial charge in [0.15, 0.2) is 5.58 Å². The summed E-state index contributed by atoms with van der Waals surface area (Å²) in [7, 11) is 0. The van der Waals surface area contributed by atoms with Gasteiger partial charge in [0.05, 0.1) is 29.4 Å². The zero-order valence-electron chi connectivity index (χ0n) is 23.2. The van der Waals surface area contributed by atoms with E-state index in [1.54, 1.807) is 17.6 Å². The number of hydrogen-bond acceptors (Lipinski definition) is 7. The fraction of sp³-hybridized carbons (Fsp3) is 0.400. The molecule has 0 spiro atoms. The number of aromatic carboxylic acids is 1. The van der Waals surface area contributed by atoms with Crippen molar-refractivity contribution in [2.24, 2.45) is 0 Å². The van der Waals surface area contributed by atoms with Gasteiger partial charge in [-0.2, -0.15) is 5.10 Å². The molecule has 1 fully saturated rings. The maximum atomic E-state index is 12.6. The summed E-state index contributed by atoms with van der Waals surface area (Å²) >= 11 is 3.49. The van der Waals surface area contributed by atoms with E-state index in [1.807, 2.05) is 33.8 Å². The molecule has 0 radical (unpaired) electrons. The summed E-state index contributed by atoms with van der Waals surface area (Å²) in [5.41, 5.74) is 4.83. The highest BCUT2D eigenvalue weighted by atomic mass is 79.9. The second-order valence-electron chi connectivity index (χ2n) is 11.1. The van der Waals surface area contributed by atoms with Crippen molar-refractivity contribution in [3.63, 3.8) is 0 Å². The third-order valence-corrected chi connectivity index (χ3v) is 8.86. The van der Waals surface area contributed by atoms with Crippen LogP contribution in [0.15, 0.2) is 56.1 Å². The molecule has 1 amide bonds. The number of rotatable bonds is 7. The van der Waals surface area contributed by atoms with Crippen LogP contribution in [0.3, 0.4) is 0 Å². The lowest BCUT2D eigenvalue weighted by Gasteiger charge is -2.33. The number of oxazole rings is 1. The van der Waals surface area contributed by atoms with Crippen LogP contribution >= 0.6 is 15.9 Å². The number of carbonyl (C=O) groups is 2. The molecular weight excluding hydrogens is 606 g/mol. The molecule has 220 valence electrons. The SMILES string of the molecule is CC(=O)N1CCc2c(c(-c3ccc(Br)cc3)nn2CC(O)CN2CCC(n3c(=O)oc4cc(C(=O)O)ccc43)CC2)C1. The summed E-state index contributed by atoms with van der Waals surface area (Å²) in [6, 6.07) is 12.4. The summed E-state index contributed by atoms with van der Waals surface area (Å²) in [6.07, 6.45) is 1.43. The van der Waals surface area contributed by atoms with E-state index < -0.39 is 17.8 Å². The van der Waals surface area contributed by atoms with Gasteiger partial charge in [0.25, 0.3) is 0 Å². The molecule has 12 heteroatoms. The second-order valence-corrected chi connectivity index (χ2v) is 12.0. The van der Waals surface area contributed by atoms with Crippen LogP contribution in [-0.4, -0.2) is 78.5 Å². The fourth-order valence-electron chi connectivity index (χ4n) is 6.18. The highest BCUT2D eigenvalue weighted by Crippen LogP contribution is 2.32. The van der Waals surface area contributed by atoms with Crippen LogP contribution in [0.5, 0.6) is 0 Å². The number of piperidine rings is 1. The van der Waals surface area contributed by atoms with Gasteiger partial charge in [-0.1, -0.05) is 28.1 Å². The molecule has 0 aliphatic carbocycles. The summed E-state index contributed by atoms with van der Waals surface area (Å²) < 4.78 is 9.87. The van der Waals surface area contributed by atoms with Crippen LogP contribution in [0.1, 0.15) is 47.4 Å². The van der Waals surface area contributed by atoms with Crippen molar-refractivity contribution in [1.82, 2.24) is 24.1 Å². The van der Waals surface area contributed by atoms with Gasteiger partial charge < -0.3 is 24.4 Å². The Hall–Kier alpha value is -3.74. The van der Waals surface area contributed by atoms with E-state index in [0.29, 0.717) is 64.0 Å². The van der Waals surface area contributed by atoms with Gasteiger partial charge >= 0.3 is 11.7 Å². The van der Waals surface area contributed by atoms with Crippen LogP contribution in [0.25, 0.3) is 22.4 Å². The lowest BCUT2D eigenvalue weighted by Crippen LogP contribution is -2.42. The van der Waals surface area contributed by atoms with Crippen molar-refractivity contribution < 1.29 is 24.2 Å². The second kappa shape index (κ2) is 11.5. The smallest absolute Gasteiger partial charge is 0.420 e. The maximum absolute atomic E-state index is 12.6. The highest BCUT2D eigenvalue weighted by molar-refractivity contribution is 9.10. The number of fused-ring (bicyclic) bond motifs is 2. The molecule has 2 N–H and O–H groups in total. The van der Waals surface area contributed by atoms with Crippen LogP contribution < -0.4 is 5.76 Å². The van der Waals surface area contributed by atoms with Gasteiger partial charge in [-0.25, -0.2) is 9.59 Å². The van der Waals surface area contributed by atoms with Crippen LogP contribution in [0, 0.1) is 0 Å². The molecule has 6 rings (SSSR count). The number of aliphatic hydroxyl groups excluding tert-OH is 1. The zero-order valence-corrected chi connectivity index (χ0v) is 24.8. The molecule has 4 heterocycles. The zero-order chi connectivity index (χ0) is 29.5. The van der Waals surface area contributed by atoms with Gasteiger partial charge in [0.1, 0.15) is 0 Å². The molecule has 0 bridgehead atoms. The van der Waals surface area contributed by atoms with Crippen molar-refractivity contribution in [3.8, 4) is 11.3 Å². The molecule has 42 heavy (non-hydrogen) atoms. The number of carboxylic acid groups (broad SMARTS) is 1. The molecule has 2 aliphatic heterocycles. The lowest BCUT2D eigenvalue weighted by atomic mass is 10.0. The Bertz CT molecular complexity index is 1700. The fourth-order valence-corrected chi connectivity index (χ4v) is 6.45. The first-order valence-electron chi connectivity index (χ1n) is 14.1. The molecule has 4 aromatic rings. The average molecular weight is 639 g/mol. The number of halogens is 1. The third-order valence-electron chi connectivity index (χ3n) is 8.33. The van der Waals surface area contributed by atoms with Gasteiger partial charge in [-0.05, 0) is 43.2 Å². The van der Waals surface area contributed by atoms with Crippen molar-refractivity contribution in [3.05, 3.63) is 74.3 Å². The molecule has 2 aromatic carbocycles. The molecule has 1 saturated heterocycles. The standard InChI is InChI=1S/C30H32BrN5O6/c1-18(37)34-13-10-25-24(17-34)28(19-2-5-21(31)6-3-19)32-35(25)16-23(38)15-33-11-8-22(9-12-33)36-26-7-4-20(29(39)40)14-27(26)42-30(36)41/h2-7,14,22-23,38H,8-13,15-17H2,1H3,(H,39,40). The van der Waals surface area contributed by atoms with Gasteiger partial charge in [0, 0.05) is 73.4 Å². The van der Waals surface area contributed by atoms with Gasteiger partial charge in [0.2, 0.25) is 5.91 Å². The van der Waals surface area contributed by atoms with Gasteiger partial charge in [-0.3, -0.25) is 14.0 Å². The summed E-state index contributed by atoms with van der Waals surface area (Å²) in [5, 5.41) is 25.3. The Morgan fingerprint density at radius 1 is 1.10 bits per heavy atom. The number of carbonyl (C=O) groups excluding carboxylic acids is 1. The molecular formula is C30H32BrN5O6. The molecule has 2 aromatic heterocycles. The highest BCUT2D eigenvalue weighted by Gasteiger charge is 2.29. The molecule has 1 unspecified atom stereocenters. The van der Waals surface area contributed by atoms with Crippen molar-refractivity contribution in [2.45, 2.75) is 51.4 Å². The summed E-state index contributed by atoms with van der Waals surface area (Å²) in [4.78, 5) is 40.1. The summed E-state index contributed by atoms with van der Waals surface area (Å²) in [5.74, 6) is -1.52. The number of carboxylic acids is 1. The average Bonchev–Trinajstić information content (AvgIpc) is 3.49. The Morgan fingerprint density at radius 3 is 2.52 bits per heavy atom. The van der Waals surface area contributed by atoms with E-state index in [9.17, 15) is 24.6 Å². The number of benzene rings is 2. The molecule has 0 saturated carbocycles. The molecule has 11 nitrogen and oxygen atoms in total. The first kappa shape index (κ1) is 28.4. The summed E-state index contributed by atoms with van der Waals surface area (Å²) in [6.45, 7) is 4.92. The Kier molecular flexibility index (Phi) is 7.77. The van der Waals surface area contributed by atoms with E-state index in [0.717, 1.165) is 27.0 Å². The number of aromatic nitrogens is 3. The minimum atomic E-state index is -1.07. The largest absolute Gasteiger partial charge is 0.478 e. The predicted molar refractivity (Wildman–Crippen MR) is 158 cm³/mol. The molecule has 2 aliphatic rings. The Morgan fingerprint density at radius 2 is 1.83 bits per heavy atom. The number of aliphatic hydroxyl groups is 1. The number of β-amino-alcohol motifs (C(OH)–C–C–N with tert-alkyl or cyclic N) is 1. The Labute approximate surface area is 250 Å². The van der Waals surface area contributed by atoms with Crippen molar-refractivity contribution in [1.29, 1.82) is 0 Å². The van der Waals surface area contributed by atoms with Gasteiger partial charge in [-0.15, -0.1) is 0 Å². The third kappa shape index (κ3) is 5.53. The normalized spacial score (nSPS) is 17.0. The number of nitrogens with zero attached hydrogens (tertiary/aromatic N) is 5. The number of hydrogen-bond donors (Lipinski definition) is 2. The quantitative estimate of drug-likeness (QED) is 0.314. The van der Waals surface area contributed by atoms with Crippen LogP contribution in [0.2, 0.25) is 0 Å². The number of likely N-dealkylation sites (tertiary alicyclic amines) is 1. The maximum Gasteiger partial charge on any atom is 0.420 e. The van der Waals surface area contributed by atoms with Crippen molar-refractivity contribution >= 4 is 38.9 Å².